The molecule has 2 rings (SSSR count). The van der Waals surface area contributed by atoms with Crippen molar-refractivity contribution in [2.45, 2.75) is 25.4 Å². The van der Waals surface area contributed by atoms with E-state index < -0.39 is 6.09 Å². The van der Waals surface area contributed by atoms with Crippen molar-refractivity contribution < 1.29 is 15.0 Å². The Labute approximate surface area is 99.7 Å². The Bertz CT molecular complexity index is 400. The lowest BCUT2D eigenvalue weighted by Crippen LogP contribution is -2.37. The molecule has 5 nitrogen and oxygen atoms in total. The SMILES string of the molecule is O=C(O)N1CCC(c2ncccc2CO)CC1. The van der Waals surface area contributed by atoms with Crippen molar-refractivity contribution in [3.05, 3.63) is 29.6 Å². The third-order valence-corrected chi connectivity index (χ3v) is 3.25. The molecule has 0 radical (unpaired) electrons. The number of pyridine rings is 1. The highest BCUT2D eigenvalue weighted by Crippen LogP contribution is 2.28. The number of nitrogens with zero attached hydrogens (tertiary/aromatic N) is 2. The van der Waals surface area contributed by atoms with Gasteiger partial charge < -0.3 is 15.1 Å². The minimum Gasteiger partial charge on any atom is -0.465 e. The van der Waals surface area contributed by atoms with E-state index in [4.69, 9.17) is 5.11 Å². The predicted molar refractivity (Wildman–Crippen MR) is 61.7 cm³/mol. The quantitative estimate of drug-likeness (QED) is 0.814. The van der Waals surface area contributed by atoms with Gasteiger partial charge in [0.1, 0.15) is 0 Å². The Hall–Kier alpha value is -1.62. The van der Waals surface area contributed by atoms with Gasteiger partial charge in [0, 0.05) is 30.9 Å². The van der Waals surface area contributed by atoms with Crippen LogP contribution in [0.5, 0.6) is 0 Å². The van der Waals surface area contributed by atoms with Gasteiger partial charge in [-0.25, -0.2) is 4.79 Å². The molecule has 1 aromatic rings. The highest BCUT2D eigenvalue weighted by Gasteiger charge is 2.25. The zero-order chi connectivity index (χ0) is 12.3. The summed E-state index contributed by atoms with van der Waals surface area (Å²) >= 11 is 0. The van der Waals surface area contributed by atoms with Gasteiger partial charge in [-0.3, -0.25) is 4.98 Å². The molecule has 17 heavy (non-hydrogen) atoms. The highest BCUT2D eigenvalue weighted by atomic mass is 16.4. The standard InChI is InChI=1S/C12H16N2O3/c15-8-10-2-1-5-13-11(10)9-3-6-14(7-4-9)12(16)17/h1-2,5,9,15H,3-4,6-8H2,(H,16,17). The maximum Gasteiger partial charge on any atom is 0.407 e. The van der Waals surface area contributed by atoms with Crippen molar-refractivity contribution in [3.8, 4) is 0 Å². The Morgan fingerprint density at radius 1 is 1.47 bits per heavy atom. The van der Waals surface area contributed by atoms with Crippen LogP contribution in [0.25, 0.3) is 0 Å². The van der Waals surface area contributed by atoms with E-state index in [1.54, 1.807) is 12.3 Å². The van der Waals surface area contributed by atoms with Gasteiger partial charge in [0.25, 0.3) is 0 Å². The molecule has 1 saturated heterocycles. The number of hydrogen-bond acceptors (Lipinski definition) is 3. The van der Waals surface area contributed by atoms with Crippen LogP contribution < -0.4 is 0 Å². The highest BCUT2D eigenvalue weighted by molar-refractivity contribution is 5.65. The average Bonchev–Trinajstić information content (AvgIpc) is 2.39. The molecule has 2 N–H and O–H groups in total. The topological polar surface area (TPSA) is 73.7 Å². The van der Waals surface area contributed by atoms with Crippen molar-refractivity contribution in [1.82, 2.24) is 9.88 Å². The van der Waals surface area contributed by atoms with E-state index in [2.05, 4.69) is 4.98 Å². The van der Waals surface area contributed by atoms with Gasteiger partial charge in [0.15, 0.2) is 0 Å². The molecule has 92 valence electrons. The first kappa shape index (κ1) is 11.9. The number of amides is 1. The third-order valence-electron chi connectivity index (χ3n) is 3.25. The molecule has 5 heteroatoms. The molecular formula is C12H16N2O3. The molecule has 0 spiro atoms. The zero-order valence-electron chi connectivity index (χ0n) is 9.54. The lowest BCUT2D eigenvalue weighted by Gasteiger charge is -2.30. The molecule has 2 heterocycles. The van der Waals surface area contributed by atoms with Crippen molar-refractivity contribution in [2.75, 3.05) is 13.1 Å². The van der Waals surface area contributed by atoms with Gasteiger partial charge in [-0.2, -0.15) is 0 Å². The smallest absolute Gasteiger partial charge is 0.407 e. The minimum atomic E-state index is -0.855. The number of carbonyl (C=O) groups is 1. The van der Waals surface area contributed by atoms with Crippen molar-refractivity contribution in [2.24, 2.45) is 0 Å². The Balaban J connectivity index is 2.07. The molecule has 0 atom stereocenters. The van der Waals surface area contributed by atoms with Gasteiger partial charge >= 0.3 is 6.09 Å². The number of piperidine rings is 1. The fourth-order valence-electron chi connectivity index (χ4n) is 2.30. The Morgan fingerprint density at radius 2 is 2.18 bits per heavy atom. The van der Waals surface area contributed by atoms with E-state index in [9.17, 15) is 9.90 Å². The lowest BCUT2D eigenvalue weighted by atomic mass is 9.91. The summed E-state index contributed by atoms with van der Waals surface area (Å²) < 4.78 is 0. The molecular weight excluding hydrogens is 220 g/mol. The summed E-state index contributed by atoms with van der Waals surface area (Å²) in [4.78, 5) is 16.5. The minimum absolute atomic E-state index is 0.0116. The molecule has 0 aliphatic carbocycles. The van der Waals surface area contributed by atoms with Gasteiger partial charge in [-0.15, -0.1) is 0 Å². The van der Waals surface area contributed by atoms with Crippen LogP contribution in [0.1, 0.15) is 30.0 Å². The number of aromatic nitrogens is 1. The zero-order valence-corrected chi connectivity index (χ0v) is 9.54. The van der Waals surface area contributed by atoms with E-state index >= 15 is 0 Å². The fraction of sp³-hybridized carbons (Fsp3) is 0.500. The van der Waals surface area contributed by atoms with Gasteiger partial charge in [-0.05, 0) is 24.5 Å². The average molecular weight is 236 g/mol. The Kier molecular flexibility index (Phi) is 3.58. The maximum absolute atomic E-state index is 10.8. The first-order valence-corrected chi connectivity index (χ1v) is 5.75. The molecule has 0 aromatic carbocycles. The van der Waals surface area contributed by atoms with Crippen molar-refractivity contribution >= 4 is 6.09 Å². The molecule has 1 aliphatic rings. The van der Waals surface area contributed by atoms with E-state index in [0.717, 1.165) is 24.1 Å². The van der Waals surface area contributed by atoms with E-state index in [1.165, 1.54) is 4.90 Å². The summed E-state index contributed by atoms with van der Waals surface area (Å²) in [6.07, 6.45) is 2.41. The number of aliphatic hydroxyl groups is 1. The molecule has 1 amide bonds. The third kappa shape index (κ3) is 2.55. The molecule has 1 aliphatic heterocycles. The Morgan fingerprint density at radius 3 is 2.76 bits per heavy atom. The lowest BCUT2D eigenvalue weighted by molar-refractivity contribution is 0.131. The second-order valence-electron chi connectivity index (χ2n) is 4.25. The van der Waals surface area contributed by atoms with Crippen LogP contribution in [0.2, 0.25) is 0 Å². The first-order chi connectivity index (χ1) is 8.22. The summed E-state index contributed by atoms with van der Waals surface area (Å²) in [5.41, 5.74) is 1.77. The van der Waals surface area contributed by atoms with Crippen molar-refractivity contribution in [1.29, 1.82) is 0 Å². The van der Waals surface area contributed by atoms with Crippen LogP contribution in [0.3, 0.4) is 0 Å². The first-order valence-electron chi connectivity index (χ1n) is 5.75. The molecule has 1 fully saturated rings. The van der Waals surface area contributed by atoms with E-state index in [-0.39, 0.29) is 12.5 Å². The number of aliphatic hydroxyl groups excluding tert-OH is 1. The number of rotatable bonds is 2. The van der Waals surface area contributed by atoms with Gasteiger partial charge in [0.2, 0.25) is 0 Å². The fourth-order valence-corrected chi connectivity index (χ4v) is 2.30. The number of hydrogen-bond donors (Lipinski definition) is 2. The summed E-state index contributed by atoms with van der Waals surface area (Å²) in [5, 5.41) is 18.1. The van der Waals surface area contributed by atoms with Crippen LogP contribution in [0.4, 0.5) is 4.79 Å². The second-order valence-corrected chi connectivity index (χ2v) is 4.25. The van der Waals surface area contributed by atoms with Crippen LogP contribution in [-0.4, -0.2) is 39.3 Å². The predicted octanol–water partition coefficient (Wildman–Crippen LogP) is 1.43. The van der Waals surface area contributed by atoms with Gasteiger partial charge in [0.05, 0.1) is 6.61 Å². The van der Waals surface area contributed by atoms with E-state index in [1.807, 2.05) is 6.07 Å². The molecule has 0 saturated carbocycles. The van der Waals surface area contributed by atoms with Crippen LogP contribution in [0.15, 0.2) is 18.3 Å². The van der Waals surface area contributed by atoms with Gasteiger partial charge in [-0.1, -0.05) is 6.07 Å². The summed E-state index contributed by atoms with van der Waals surface area (Å²) in [6.45, 7) is 1.07. The number of carboxylic acid groups (broad SMARTS) is 1. The summed E-state index contributed by atoms with van der Waals surface area (Å²) in [7, 11) is 0. The second kappa shape index (κ2) is 5.14. The van der Waals surface area contributed by atoms with E-state index in [0.29, 0.717) is 13.1 Å². The van der Waals surface area contributed by atoms with Crippen LogP contribution in [-0.2, 0) is 6.61 Å². The molecule has 0 bridgehead atoms. The van der Waals surface area contributed by atoms with Crippen LogP contribution >= 0.6 is 0 Å². The van der Waals surface area contributed by atoms with Crippen LogP contribution in [0, 0.1) is 0 Å². The summed E-state index contributed by atoms with van der Waals surface area (Å²) in [5.74, 6) is 0.258. The monoisotopic (exact) mass is 236 g/mol. The normalized spacial score (nSPS) is 17.1. The maximum atomic E-state index is 10.8. The largest absolute Gasteiger partial charge is 0.465 e. The van der Waals surface area contributed by atoms with Crippen molar-refractivity contribution in [3.63, 3.8) is 0 Å². The number of likely N-dealkylation sites (tertiary alicyclic amines) is 1. The summed E-state index contributed by atoms with van der Waals surface area (Å²) in [6, 6.07) is 3.67. The molecule has 1 aromatic heterocycles. The molecule has 0 unspecified atom stereocenters.